The number of hydrogen-bond acceptors (Lipinski definition) is 5. The molecule has 0 saturated carbocycles. The predicted molar refractivity (Wildman–Crippen MR) is 79.4 cm³/mol. The molecule has 0 aliphatic carbocycles. The van der Waals surface area contributed by atoms with Gasteiger partial charge in [-0.2, -0.15) is 0 Å². The Hall–Kier alpha value is -1.51. The fraction of sp³-hybridized carbons (Fsp3) is 0.538. The van der Waals surface area contributed by atoms with E-state index >= 15 is 0 Å². The number of benzene rings is 1. The molecular weight excluding hydrogens is 294 g/mol. The van der Waals surface area contributed by atoms with Crippen LogP contribution in [0.15, 0.2) is 24.3 Å². The first-order valence-corrected chi connectivity index (χ1v) is 8.41. The molecule has 1 aromatic rings. The van der Waals surface area contributed by atoms with Crippen LogP contribution in [0.1, 0.15) is 25.3 Å². The Morgan fingerprint density at radius 3 is 2.38 bits per heavy atom. The summed E-state index contributed by atoms with van der Waals surface area (Å²) in [5.41, 5.74) is 0.0604. The first-order chi connectivity index (χ1) is 9.80. The van der Waals surface area contributed by atoms with Gasteiger partial charge in [-0.1, -0.05) is 12.1 Å². The summed E-state index contributed by atoms with van der Waals surface area (Å²) >= 11 is 0. The van der Waals surface area contributed by atoms with Gasteiger partial charge >= 0.3 is 0 Å². The third-order valence-corrected chi connectivity index (χ3v) is 5.13. The van der Waals surface area contributed by atoms with Gasteiger partial charge < -0.3 is 5.32 Å². The van der Waals surface area contributed by atoms with Crippen molar-refractivity contribution < 1.29 is 13.3 Å². The predicted octanol–water partition coefficient (Wildman–Crippen LogP) is 1.16. The highest BCUT2D eigenvalue weighted by Gasteiger charge is 2.31. The summed E-state index contributed by atoms with van der Waals surface area (Å²) < 4.78 is 27.2. The molecule has 2 N–H and O–H groups in total. The van der Waals surface area contributed by atoms with Crippen LogP contribution in [-0.4, -0.2) is 32.0 Å². The second-order valence-electron chi connectivity index (χ2n) is 5.60. The number of nitrogens with zero attached hydrogens (tertiary/aromatic N) is 1. The summed E-state index contributed by atoms with van der Waals surface area (Å²) in [6.07, 6.45) is 1.49. The molecule has 1 aliphatic rings. The first kappa shape index (κ1) is 15.9. The zero-order valence-electron chi connectivity index (χ0n) is 11.8. The molecule has 0 atom stereocenters. The Kier molecular flexibility index (Phi) is 4.60. The van der Waals surface area contributed by atoms with Crippen LogP contribution in [0.5, 0.6) is 0 Å². The third-order valence-electron chi connectivity index (χ3n) is 3.61. The van der Waals surface area contributed by atoms with Gasteiger partial charge in [0.05, 0.1) is 10.7 Å². The van der Waals surface area contributed by atoms with Gasteiger partial charge in [0.2, 0.25) is 10.0 Å². The topological polar surface area (TPSA) is 101 Å². The molecule has 0 aromatic heterocycles. The van der Waals surface area contributed by atoms with Gasteiger partial charge in [0.15, 0.2) is 0 Å². The lowest BCUT2D eigenvalue weighted by atomic mass is 9.92. The van der Waals surface area contributed by atoms with E-state index in [1.165, 1.54) is 24.3 Å². The molecular formula is C13H19N3O4S. The van der Waals surface area contributed by atoms with Crippen molar-refractivity contribution >= 4 is 15.7 Å². The van der Waals surface area contributed by atoms with Crippen LogP contribution in [-0.2, 0) is 15.8 Å². The van der Waals surface area contributed by atoms with Crippen LogP contribution in [0, 0.1) is 10.1 Å². The minimum Gasteiger partial charge on any atom is -0.317 e. The van der Waals surface area contributed by atoms with Gasteiger partial charge in [-0.25, -0.2) is 13.1 Å². The molecule has 1 saturated heterocycles. The summed E-state index contributed by atoms with van der Waals surface area (Å²) in [4.78, 5) is 10.1. The Morgan fingerprint density at radius 1 is 1.29 bits per heavy atom. The molecule has 0 spiro atoms. The zero-order chi connectivity index (χ0) is 15.5. The van der Waals surface area contributed by atoms with Crippen molar-refractivity contribution in [2.24, 2.45) is 0 Å². The highest BCUT2D eigenvalue weighted by molar-refractivity contribution is 7.88. The monoisotopic (exact) mass is 313 g/mol. The van der Waals surface area contributed by atoms with Crippen LogP contribution < -0.4 is 10.0 Å². The van der Waals surface area contributed by atoms with Crippen LogP contribution in [0.25, 0.3) is 0 Å². The molecule has 0 amide bonds. The number of sulfonamides is 1. The molecule has 1 fully saturated rings. The van der Waals surface area contributed by atoms with E-state index in [2.05, 4.69) is 10.0 Å². The van der Waals surface area contributed by atoms with Gasteiger partial charge in [0.1, 0.15) is 0 Å². The Labute approximate surface area is 123 Å². The number of non-ortho nitro benzene ring substituents is 1. The van der Waals surface area contributed by atoms with Gasteiger partial charge in [-0.3, -0.25) is 10.1 Å². The lowest BCUT2D eigenvalue weighted by Crippen LogP contribution is -2.52. The smallest absolute Gasteiger partial charge is 0.269 e. The van der Waals surface area contributed by atoms with E-state index in [-0.39, 0.29) is 11.4 Å². The summed E-state index contributed by atoms with van der Waals surface area (Å²) in [5.74, 6) is -0.173. The van der Waals surface area contributed by atoms with Crippen LogP contribution in [0.2, 0.25) is 0 Å². The van der Waals surface area contributed by atoms with Crippen molar-refractivity contribution in [1.82, 2.24) is 10.0 Å². The minimum atomic E-state index is -3.47. The van der Waals surface area contributed by atoms with Crippen molar-refractivity contribution in [2.75, 3.05) is 13.1 Å². The van der Waals surface area contributed by atoms with E-state index < -0.39 is 20.5 Å². The van der Waals surface area contributed by atoms with Crippen LogP contribution in [0.4, 0.5) is 5.69 Å². The fourth-order valence-electron chi connectivity index (χ4n) is 2.43. The summed E-state index contributed by atoms with van der Waals surface area (Å²) in [6, 6.07) is 5.58. The van der Waals surface area contributed by atoms with Gasteiger partial charge in [-0.05, 0) is 38.4 Å². The number of hydrogen-bond donors (Lipinski definition) is 2. The van der Waals surface area contributed by atoms with E-state index in [0.717, 1.165) is 25.9 Å². The molecule has 0 bridgehead atoms. The standard InChI is InChI=1S/C13H19N3O4S/c1-13(6-8-14-9-7-13)15-21(19,20)10-11-2-4-12(5-3-11)16(17)18/h2-5,14-15H,6-10H2,1H3. The summed E-state index contributed by atoms with van der Waals surface area (Å²) in [7, 11) is -3.47. The normalized spacial score (nSPS) is 18.3. The second kappa shape index (κ2) is 6.08. The maximum atomic E-state index is 12.2. The Bertz CT molecular complexity index is 607. The van der Waals surface area contributed by atoms with Gasteiger partial charge in [0.25, 0.3) is 5.69 Å². The molecule has 0 unspecified atom stereocenters. The molecule has 21 heavy (non-hydrogen) atoms. The average Bonchev–Trinajstić information content (AvgIpc) is 2.38. The quantitative estimate of drug-likeness (QED) is 0.627. The van der Waals surface area contributed by atoms with Crippen molar-refractivity contribution in [3.63, 3.8) is 0 Å². The highest BCUT2D eigenvalue weighted by atomic mass is 32.2. The van der Waals surface area contributed by atoms with E-state index in [1.54, 1.807) is 0 Å². The molecule has 7 nitrogen and oxygen atoms in total. The number of piperidine rings is 1. The lowest BCUT2D eigenvalue weighted by Gasteiger charge is -2.34. The molecule has 0 radical (unpaired) electrons. The van der Waals surface area contributed by atoms with Crippen molar-refractivity contribution in [1.29, 1.82) is 0 Å². The zero-order valence-corrected chi connectivity index (χ0v) is 12.6. The molecule has 1 heterocycles. The molecule has 1 aliphatic heterocycles. The number of nitrogens with one attached hydrogen (secondary N) is 2. The van der Waals surface area contributed by atoms with E-state index in [4.69, 9.17) is 0 Å². The van der Waals surface area contributed by atoms with Crippen molar-refractivity contribution in [2.45, 2.75) is 31.1 Å². The van der Waals surface area contributed by atoms with E-state index in [9.17, 15) is 18.5 Å². The fourth-order valence-corrected chi connectivity index (χ4v) is 4.08. The van der Waals surface area contributed by atoms with Crippen molar-refractivity contribution in [3.05, 3.63) is 39.9 Å². The molecule has 8 heteroatoms. The van der Waals surface area contributed by atoms with Crippen LogP contribution >= 0.6 is 0 Å². The number of nitro groups is 1. The molecule has 116 valence electrons. The lowest BCUT2D eigenvalue weighted by molar-refractivity contribution is -0.384. The van der Waals surface area contributed by atoms with Crippen LogP contribution in [0.3, 0.4) is 0 Å². The second-order valence-corrected chi connectivity index (χ2v) is 7.32. The number of nitro benzene ring substituents is 1. The SMILES string of the molecule is CC1(NS(=O)(=O)Cc2ccc([N+](=O)[O-])cc2)CCNCC1. The van der Waals surface area contributed by atoms with E-state index in [1.807, 2.05) is 6.92 Å². The van der Waals surface area contributed by atoms with Gasteiger partial charge in [0, 0.05) is 17.7 Å². The maximum Gasteiger partial charge on any atom is 0.269 e. The Morgan fingerprint density at radius 2 is 1.86 bits per heavy atom. The minimum absolute atomic E-state index is 0.0468. The number of rotatable bonds is 5. The Balaban J connectivity index is 2.04. The van der Waals surface area contributed by atoms with Gasteiger partial charge in [-0.15, -0.1) is 0 Å². The third kappa shape index (κ3) is 4.48. The summed E-state index contributed by atoms with van der Waals surface area (Å²) in [6.45, 7) is 3.48. The summed E-state index contributed by atoms with van der Waals surface area (Å²) in [5, 5.41) is 13.8. The average molecular weight is 313 g/mol. The first-order valence-electron chi connectivity index (χ1n) is 6.75. The largest absolute Gasteiger partial charge is 0.317 e. The molecule has 2 rings (SSSR count). The molecule has 1 aromatic carbocycles. The highest BCUT2D eigenvalue weighted by Crippen LogP contribution is 2.20. The van der Waals surface area contributed by atoms with E-state index in [0.29, 0.717) is 5.56 Å². The maximum absolute atomic E-state index is 12.2. The van der Waals surface area contributed by atoms with Crippen molar-refractivity contribution in [3.8, 4) is 0 Å².